The molecular weight excluding hydrogens is 460 g/mol. The number of benzene rings is 2. The predicted molar refractivity (Wildman–Crippen MR) is 141 cm³/mol. The Kier molecular flexibility index (Phi) is 8.21. The lowest BCUT2D eigenvalue weighted by atomic mass is 9.78. The largest absolute Gasteiger partial charge is 0.459 e. The van der Waals surface area contributed by atoms with Crippen LogP contribution in [0.4, 0.5) is 5.69 Å². The summed E-state index contributed by atoms with van der Waals surface area (Å²) in [6.45, 7) is 8.90. The van der Waals surface area contributed by atoms with E-state index in [0.717, 1.165) is 22.5 Å². The first-order valence-electron chi connectivity index (χ1n) is 12.3. The van der Waals surface area contributed by atoms with Gasteiger partial charge in [-0.25, -0.2) is 4.98 Å². The molecule has 0 unspecified atom stereocenters. The Hall–Kier alpha value is -2.74. The van der Waals surface area contributed by atoms with E-state index in [1.165, 1.54) is 10.3 Å². The smallest absolute Gasteiger partial charge is 0.290 e. The fourth-order valence-electron chi connectivity index (χ4n) is 4.57. The molecule has 0 fully saturated rings. The van der Waals surface area contributed by atoms with Crippen molar-refractivity contribution in [3.05, 3.63) is 59.9 Å². The summed E-state index contributed by atoms with van der Waals surface area (Å²) in [6.07, 6.45) is 2.88. The van der Waals surface area contributed by atoms with E-state index in [-0.39, 0.29) is 30.1 Å². The zero-order chi connectivity index (χ0) is 24.9. The second-order valence-electron chi connectivity index (χ2n) is 9.35. The number of aryl methyl sites for hydroxylation is 1. The zero-order valence-electron chi connectivity index (χ0n) is 20.8. The van der Waals surface area contributed by atoms with Crippen molar-refractivity contribution in [1.82, 2.24) is 4.98 Å². The molecule has 7 heteroatoms. The molecule has 3 atom stereocenters. The molecular formula is C28H34N2O4S. The standard InChI is InChI=1S/C28H34N2O4S/c1-5-33-28-21(7-6-14-31)22(17(2)3)16-24(34-28)26(32)29-20-11-9-19(10-12-20)27-30-23-13-8-18(4)15-25(23)35-27/h8-13,15-17,21-22,28,31H,5-7,14H2,1-4H3,(H,29,32)/t21-,22+,28+/m1/s1. The molecule has 1 amide bonds. The van der Waals surface area contributed by atoms with Crippen LogP contribution in [0.3, 0.4) is 0 Å². The number of nitrogens with one attached hydrogen (secondary N) is 1. The molecule has 0 spiro atoms. The van der Waals surface area contributed by atoms with Gasteiger partial charge in [-0.15, -0.1) is 11.3 Å². The van der Waals surface area contributed by atoms with E-state index in [1.807, 2.05) is 43.3 Å². The Morgan fingerprint density at radius 1 is 1.23 bits per heavy atom. The second kappa shape index (κ2) is 11.3. The van der Waals surface area contributed by atoms with Crippen molar-refractivity contribution < 1.29 is 19.4 Å². The van der Waals surface area contributed by atoms with Crippen molar-refractivity contribution in [2.24, 2.45) is 17.8 Å². The first kappa shape index (κ1) is 25.4. The highest BCUT2D eigenvalue weighted by molar-refractivity contribution is 7.21. The SMILES string of the molecule is CCO[C@H]1OC(C(=O)Nc2ccc(-c3nc4ccc(C)cc4s3)cc2)=C[C@@H](C(C)C)[C@H]1CCCO. The molecule has 0 radical (unpaired) electrons. The molecule has 186 valence electrons. The van der Waals surface area contributed by atoms with E-state index in [0.29, 0.717) is 24.6 Å². The first-order valence-corrected chi connectivity index (χ1v) is 13.1. The number of fused-ring (bicyclic) bond motifs is 1. The summed E-state index contributed by atoms with van der Waals surface area (Å²) in [4.78, 5) is 17.8. The maximum Gasteiger partial charge on any atom is 0.290 e. The van der Waals surface area contributed by atoms with Gasteiger partial charge in [0.25, 0.3) is 5.91 Å². The number of aliphatic hydroxyl groups excluding tert-OH is 1. The summed E-state index contributed by atoms with van der Waals surface area (Å²) < 4.78 is 13.1. The number of carbonyl (C=O) groups excluding carboxylic acids is 1. The quantitative estimate of drug-likeness (QED) is 0.373. The highest BCUT2D eigenvalue weighted by Gasteiger charge is 2.38. The average molecular weight is 495 g/mol. The molecule has 1 aromatic heterocycles. The van der Waals surface area contributed by atoms with Gasteiger partial charge in [0.05, 0.1) is 10.2 Å². The van der Waals surface area contributed by atoms with Crippen LogP contribution >= 0.6 is 11.3 Å². The summed E-state index contributed by atoms with van der Waals surface area (Å²) in [5.74, 6) is 0.524. The number of hydrogen-bond acceptors (Lipinski definition) is 6. The number of carbonyl (C=O) groups is 1. The van der Waals surface area contributed by atoms with Gasteiger partial charge in [-0.2, -0.15) is 0 Å². The maximum atomic E-state index is 13.1. The molecule has 4 rings (SSSR count). The average Bonchev–Trinajstić information content (AvgIpc) is 3.26. The zero-order valence-corrected chi connectivity index (χ0v) is 21.6. The van der Waals surface area contributed by atoms with Crippen molar-refractivity contribution in [2.75, 3.05) is 18.5 Å². The summed E-state index contributed by atoms with van der Waals surface area (Å²) in [7, 11) is 0. The summed E-state index contributed by atoms with van der Waals surface area (Å²) in [5, 5.41) is 13.2. The highest BCUT2D eigenvalue weighted by Crippen LogP contribution is 2.37. The number of ether oxygens (including phenoxy) is 2. The van der Waals surface area contributed by atoms with Crippen LogP contribution in [-0.2, 0) is 14.3 Å². The monoisotopic (exact) mass is 494 g/mol. The first-order chi connectivity index (χ1) is 16.9. The van der Waals surface area contributed by atoms with Gasteiger partial charge in [0, 0.05) is 30.4 Å². The number of amides is 1. The van der Waals surface area contributed by atoms with E-state index < -0.39 is 6.29 Å². The normalized spacial score (nSPS) is 20.1. The second-order valence-corrected chi connectivity index (χ2v) is 10.4. The molecule has 2 aromatic carbocycles. The van der Waals surface area contributed by atoms with Gasteiger partial charge in [-0.3, -0.25) is 4.79 Å². The van der Waals surface area contributed by atoms with Crippen molar-refractivity contribution in [3.8, 4) is 10.6 Å². The van der Waals surface area contributed by atoms with Crippen LogP contribution in [0, 0.1) is 24.7 Å². The molecule has 6 nitrogen and oxygen atoms in total. The Bertz CT molecular complexity index is 1190. The minimum atomic E-state index is -0.505. The van der Waals surface area contributed by atoms with Crippen LogP contribution in [0.15, 0.2) is 54.3 Å². The summed E-state index contributed by atoms with van der Waals surface area (Å²) >= 11 is 1.66. The fraction of sp³-hybridized carbons (Fsp3) is 0.429. The van der Waals surface area contributed by atoms with Gasteiger partial charge >= 0.3 is 0 Å². The number of aromatic nitrogens is 1. The predicted octanol–water partition coefficient (Wildman–Crippen LogP) is 6.15. The third-order valence-electron chi connectivity index (χ3n) is 6.38. The molecule has 35 heavy (non-hydrogen) atoms. The summed E-state index contributed by atoms with van der Waals surface area (Å²) in [6, 6.07) is 14.0. The fourth-order valence-corrected chi connectivity index (χ4v) is 5.64. The van der Waals surface area contributed by atoms with Gasteiger partial charge in [0.15, 0.2) is 5.76 Å². The number of nitrogens with zero attached hydrogens (tertiary/aromatic N) is 1. The number of thiazole rings is 1. The van der Waals surface area contributed by atoms with E-state index in [9.17, 15) is 9.90 Å². The third-order valence-corrected chi connectivity index (χ3v) is 7.45. The van der Waals surface area contributed by atoms with Crippen LogP contribution in [-0.4, -0.2) is 35.5 Å². The van der Waals surface area contributed by atoms with Gasteiger partial charge in [0.1, 0.15) is 5.01 Å². The summed E-state index contributed by atoms with van der Waals surface area (Å²) in [5.41, 5.74) is 3.92. The van der Waals surface area contributed by atoms with Crippen LogP contribution < -0.4 is 5.32 Å². The number of rotatable bonds is 9. The van der Waals surface area contributed by atoms with E-state index >= 15 is 0 Å². The number of aliphatic hydroxyl groups is 1. The Labute approximate surface area is 211 Å². The topological polar surface area (TPSA) is 80.7 Å². The minimum Gasteiger partial charge on any atom is -0.459 e. The van der Waals surface area contributed by atoms with Crippen molar-refractivity contribution in [2.45, 2.75) is 46.8 Å². The molecule has 2 N–H and O–H groups in total. The lowest BCUT2D eigenvalue weighted by Crippen LogP contribution is -2.40. The lowest BCUT2D eigenvalue weighted by molar-refractivity contribution is -0.173. The highest BCUT2D eigenvalue weighted by atomic mass is 32.1. The minimum absolute atomic E-state index is 0.0931. The van der Waals surface area contributed by atoms with Crippen molar-refractivity contribution in [3.63, 3.8) is 0 Å². The van der Waals surface area contributed by atoms with Gasteiger partial charge in [0.2, 0.25) is 6.29 Å². The van der Waals surface area contributed by atoms with Crippen LogP contribution in [0.5, 0.6) is 0 Å². The molecule has 1 aliphatic rings. The maximum absolute atomic E-state index is 13.1. The van der Waals surface area contributed by atoms with E-state index in [4.69, 9.17) is 14.5 Å². The van der Waals surface area contributed by atoms with Gasteiger partial charge < -0.3 is 19.9 Å². The molecule has 2 heterocycles. The molecule has 0 aliphatic carbocycles. The number of anilines is 1. The third kappa shape index (κ3) is 5.92. The molecule has 3 aromatic rings. The molecule has 0 saturated carbocycles. The number of allylic oxidation sites excluding steroid dienone is 1. The van der Waals surface area contributed by atoms with E-state index in [1.54, 1.807) is 11.3 Å². The molecule has 1 aliphatic heterocycles. The molecule has 0 bridgehead atoms. The Morgan fingerprint density at radius 3 is 2.69 bits per heavy atom. The van der Waals surface area contributed by atoms with Crippen LogP contribution in [0.1, 0.15) is 39.2 Å². The molecule has 0 saturated heterocycles. The van der Waals surface area contributed by atoms with Crippen LogP contribution in [0.25, 0.3) is 20.8 Å². The van der Waals surface area contributed by atoms with Gasteiger partial charge in [-0.1, -0.05) is 19.9 Å². The van der Waals surface area contributed by atoms with Gasteiger partial charge in [-0.05, 0) is 86.6 Å². The van der Waals surface area contributed by atoms with Crippen molar-refractivity contribution >= 4 is 33.1 Å². The van der Waals surface area contributed by atoms with E-state index in [2.05, 4.69) is 38.2 Å². The lowest BCUT2D eigenvalue weighted by Gasteiger charge is -2.38. The Morgan fingerprint density at radius 2 is 2.00 bits per heavy atom. The van der Waals surface area contributed by atoms with Crippen molar-refractivity contribution in [1.29, 1.82) is 0 Å². The Balaban J connectivity index is 1.49. The number of hydrogen-bond donors (Lipinski definition) is 2. The van der Waals surface area contributed by atoms with Crippen LogP contribution in [0.2, 0.25) is 0 Å².